The predicted octanol–water partition coefficient (Wildman–Crippen LogP) is 4.99. The highest BCUT2D eigenvalue weighted by Gasteiger charge is 2.42. The monoisotopic (exact) mass is 499 g/mol. The largest absolute Gasteiger partial charge is 0.388 e. The number of rotatable bonds is 5. The van der Waals surface area contributed by atoms with Crippen LogP contribution in [0.2, 0.25) is 0 Å². The summed E-state index contributed by atoms with van der Waals surface area (Å²) in [5.74, 6) is 0.211. The van der Waals surface area contributed by atoms with Gasteiger partial charge in [0.25, 0.3) is 5.91 Å². The fourth-order valence-electron chi connectivity index (χ4n) is 6.40. The summed E-state index contributed by atoms with van der Waals surface area (Å²) in [6.45, 7) is 6.44. The zero-order valence-corrected chi connectivity index (χ0v) is 22.3. The molecule has 0 bridgehead atoms. The topological polar surface area (TPSA) is 55.8 Å². The molecule has 1 amide bonds. The fourth-order valence-corrected chi connectivity index (χ4v) is 6.40. The van der Waals surface area contributed by atoms with Crippen LogP contribution in [0.25, 0.3) is 5.70 Å². The fraction of sp³-hybridized carbons (Fsp3) is 0.469. The third-order valence-electron chi connectivity index (χ3n) is 8.43. The highest BCUT2D eigenvalue weighted by Crippen LogP contribution is 2.41. The van der Waals surface area contributed by atoms with Gasteiger partial charge in [-0.05, 0) is 49.7 Å². The Labute approximate surface area is 221 Å². The molecule has 1 saturated carbocycles. The van der Waals surface area contributed by atoms with Crippen LogP contribution in [-0.4, -0.2) is 58.1 Å². The number of carbonyl (C=O) groups excluding carboxylic acids is 1. The number of allylic oxidation sites excluding steroid dienone is 1. The lowest BCUT2D eigenvalue weighted by Crippen LogP contribution is -2.55. The first kappa shape index (κ1) is 25.7. The second-order valence-electron chi connectivity index (χ2n) is 11.2. The molecule has 2 aromatic rings. The quantitative estimate of drug-likeness (QED) is 0.609. The highest BCUT2D eigenvalue weighted by atomic mass is 16.3. The first-order valence-corrected chi connectivity index (χ1v) is 14.0. The minimum absolute atomic E-state index is 0.0658. The Hall–Kier alpha value is -2.89. The van der Waals surface area contributed by atoms with E-state index in [9.17, 15) is 9.90 Å². The number of hydrogen-bond acceptors (Lipinski definition) is 4. The standard InChI is InChI=1S/C32H41N3O2/c1-24-12-11-20-35(28-17-9-10-18-32(28,2)37)30(26-15-7-4-8-16-26)29(24)31(36)34-21-19-33-23-27(34)22-25-13-5-3-6-14-25/h3-8,11,13-16,20,24,27-28,33,37H,9-10,12,17-19,21-23H2,1-2H3/t24?,27-,28?,32?/m1/s1. The number of piperazine rings is 1. The van der Waals surface area contributed by atoms with Gasteiger partial charge in [-0.3, -0.25) is 4.79 Å². The van der Waals surface area contributed by atoms with Gasteiger partial charge in [-0.1, -0.05) is 86.5 Å². The van der Waals surface area contributed by atoms with Gasteiger partial charge in [0.05, 0.1) is 17.3 Å². The molecule has 2 heterocycles. The molecule has 5 heteroatoms. The first-order valence-electron chi connectivity index (χ1n) is 14.0. The summed E-state index contributed by atoms with van der Waals surface area (Å²) in [7, 11) is 0. The normalized spacial score (nSPS) is 28.8. The molecule has 196 valence electrons. The number of benzene rings is 2. The third-order valence-corrected chi connectivity index (χ3v) is 8.43. The van der Waals surface area contributed by atoms with Crippen LogP contribution >= 0.6 is 0 Å². The Morgan fingerprint density at radius 3 is 2.54 bits per heavy atom. The van der Waals surface area contributed by atoms with E-state index in [-0.39, 0.29) is 23.9 Å². The van der Waals surface area contributed by atoms with Crippen molar-refractivity contribution in [2.24, 2.45) is 5.92 Å². The van der Waals surface area contributed by atoms with Crippen molar-refractivity contribution in [1.29, 1.82) is 0 Å². The second-order valence-corrected chi connectivity index (χ2v) is 11.2. The van der Waals surface area contributed by atoms with E-state index in [1.807, 2.05) is 31.2 Å². The van der Waals surface area contributed by atoms with Crippen LogP contribution in [0.15, 0.2) is 78.5 Å². The Balaban J connectivity index is 1.59. The summed E-state index contributed by atoms with van der Waals surface area (Å²) in [5, 5.41) is 15.0. The molecule has 1 saturated heterocycles. The summed E-state index contributed by atoms with van der Waals surface area (Å²) in [5.41, 5.74) is 3.32. The molecule has 0 aromatic heterocycles. The highest BCUT2D eigenvalue weighted by molar-refractivity contribution is 6.02. The molecule has 0 radical (unpaired) electrons. The number of aliphatic hydroxyl groups is 1. The summed E-state index contributed by atoms with van der Waals surface area (Å²) in [6, 6.07) is 20.8. The van der Waals surface area contributed by atoms with Gasteiger partial charge in [0.15, 0.2) is 0 Å². The van der Waals surface area contributed by atoms with Gasteiger partial charge in [0.1, 0.15) is 0 Å². The summed E-state index contributed by atoms with van der Waals surface area (Å²) in [4.78, 5) is 19.0. The van der Waals surface area contributed by atoms with Crippen molar-refractivity contribution in [2.75, 3.05) is 19.6 Å². The lowest BCUT2D eigenvalue weighted by Gasteiger charge is -2.45. The molecule has 37 heavy (non-hydrogen) atoms. The van der Waals surface area contributed by atoms with Gasteiger partial charge >= 0.3 is 0 Å². The van der Waals surface area contributed by atoms with Crippen molar-refractivity contribution in [3.8, 4) is 0 Å². The summed E-state index contributed by atoms with van der Waals surface area (Å²) < 4.78 is 0. The van der Waals surface area contributed by atoms with E-state index in [4.69, 9.17) is 0 Å². The molecule has 2 aromatic carbocycles. The van der Waals surface area contributed by atoms with E-state index in [1.54, 1.807) is 0 Å². The first-order chi connectivity index (χ1) is 18.0. The molecule has 4 atom stereocenters. The SMILES string of the molecule is CC1CC=CN(C2CCCCC2(C)O)C(c2ccccc2)=C1C(=O)N1CCNC[C@H]1Cc1ccccc1. The molecule has 5 rings (SSSR count). The minimum Gasteiger partial charge on any atom is -0.388 e. The van der Waals surface area contributed by atoms with E-state index in [0.29, 0.717) is 6.54 Å². The Kier molecular flexibility index (Phi) is 7.82. The van der Waals surface area contributed by atoms with E-state index in [0.717, 1.165) is 68.4 Å². The predicted molar refractivity (Wildman–Crippen MR) is 150 cm³/mol. The van der Waals surface area contributed by atoms with Crippen LogP contribution in [0.5, 0.6) is 0 Å². The van der Waals surface area contributed by atoms with Gasteiger partial charge in [0.2, 0.25) is 0 Å². The summed E-state index contributed by atoms with van der Waals surface area (Å²) in [6.07, 6.45) is 9.78. The van der Waals surface area contributed by atoms with Gasteiger partial charge in [-0.25, -0.2) is 0 Å². The maximum Gasteiger partial charge on any atom is 0.252 e. The molecule has 2 aliphatic heterocycles. The lowest BCUT2D eigenvalue weighted by atomic mass is 9.80. The van der Waals surface area contributed by atoms with Crippen LogP contribution in [0.4, 0.5) is 0 Å². The molecule has 2 fully saturated rings. The van der Waals surface area contributed by atoms with Crippen molar-refractivity contribution < 1.29 is 9.90 Å². The van der Waals surface area contributed by atoms with E-state index < -0.39 is 5.60 Å². The lowest BCUT2D eigenvalue weighted by molar-refractivity contribution is -0.130. The van der Waals surface area contributed by atoms with Crippen molar-refractivity contribution in [3.05, 3.63) is 89.6 Å². The maximum absolute atomic E-state index is 14.6. The van der Waals surface area contributed by atoms with Crippen molar-refractivity contribution in [1.82, 2.24) is 15.1 Å². The third kappa shape index (κ3) is 5.53. The van der Waals surface area contributed by atoms with Crippen LogP contribution in [0, 0.1) is 5.92 Å². The summed E-state index contributed by atoms with van der Waals surface area (Å²) >= 11 is 0. The molecular weight excluding hydrogens is 458 g/mol. The smallest absolute Gasteiger partial charge is 0.252 e. The molecule has 5 nitrogen and oxygen atoms in total. The molecule has 3 unspecified atom stereocenters. The van der Waals surface area contributed by atoms with Crippen LogP contribution in [0.1, 0.15) is 57.1 Å². The average Bonchev–Trinajstić information content (AvgIpc) is 3.08. The van der Waals surface area contributed by atoms with E-state index in [2.05, 4.69) is 70.7 Å². The zero-order valence-electron chi connectivity index (χ0n) is 22.3. The number of amides is 1. The van der Waals surface area contributed by atoms with Crippen molar-refractivity contribution in [2.45, 2.75) is 70.1 Å². The number of hydrogen-bond donors (Lipinski definition) is 2. The van der Waals surface area contributed by atoms with Gasteiger partial charge < -0.3 is 20.2 Å². The Morgan fingerprint density at radius 1 is 1.08 bits per heavy atom. The maximum atomic E-state index is 14.6. The van der Waals surface area contributed by atoms with Gasteiger partial charge in [-0.15, -0.1) is 0 Å². The molecular formula is C32H41N3O2. The molecule has 2 N–H and O–H groups in total. The molecule has 1 aliphatic carbocycles. The molecule has 0 spiro atoms. The van der Waals surface area contributed by atoms with Crippen LogP contribution in [-0.2, 0) is 11.2 Å². The second kappa shape index (κ2) is 11.2. The van der Waals surface area contributed by atoms with Crippen molar-refractivity contribution >= 4 is 11.6 Å². The average molecular weight is 500 g/mol. The van der Waals surface area contributed by atoms with Crippen molar-refractivity contribution in [3.63, 3.8) is 0 Å². The molecule has 3 aliphatic rings. The van der Waals surface area contributed by atoms with Crippen LogP contribution < -0.4 is 5.32 Å². The Morgan fingerprint density at radius 2 is 1.81 bits per heavy atom. The van der Waals surface area contributed by atoms with E-state index >= 15 is 0 Å². The van der Waals surface area contributed by atoms with Gasteiger partial charge in [-0.2, -0.15) is 0 Å². The number of nitrogens with zero attached hydrogens (tertiary/aromatic N) is 2. The zero-order chi connectivity index (χ0) is 25.8. The van der Waals surface area contributed by atoms with E-state index in [1.165, 1.54) is 5.56 Å². The minimum atomic E-state index is -0.810. The van der Waals surface area contributed by atoms with Gasteiger partial charge in [0, 0.05) is 37.4 Å². The number of nitrogens with one attached hydrogen (secondary N) is 1. The Bertz CT molecular complexity index is 1130. The number of carbonyl (C=O) groups is 1. The van der Waals surface area contributed by atoms with Crippen LogP contribution in [0.3, 0.4) is 0 Å².